The van der Waals surface area contributed by atoms with Gasteiger partial charge in [-0.3, -0.25) is 0 Å². The minimum atomic E-state index is 0.204. The van der Waals surface area contributed by atoms with E-state index in [9.17, 15) is 0 Å². The molecule has 0 spiro atoms. The second-order valence-electron chi connectivity index (χ2n) is 5.52. The van der Waals surface area contributed by atoms with Gasteiger partial charge < -0.3 is 14.8 Å². The average molecular weight is 275 g/mol. The van der Waals surface area contributed by atoms with Crippen LogP contribution in [0.1, 0.15) is 38.7 Å². The summed E-state index contributed by atoms with van der Waals surface area (Å²) < 4.78 is 11.4. The van der Waals surface area contributed by atoms with Gasteiger partial charge in [0.15, 0.2) is 0 Å². The maximum Gasteiger partial charge on any atom is 0.124 e. The molecule has 0 aromatic heterocycles. The molecule has 0 radical (unpaired) electrons. The zero-order valence-corrected chi connectivity index (χ0v) is 12.7. The standard InChI is InChI=1S/C17H25NO2/c1-13(2)18-12-14-11-16(19-3)9-10-17(14)20-15-7-5-4-6-8-15/h5,7,9-11,13,15,18H,4,6,8,12H2,1-3H3. The number of hydrogen-bond acceptors (Lipinski definition) is 3. The molecular weight excluding hydrogens is 250 g/mol. The number of ether oxygens (including phenoxy) is 2. The third kappa shape index (κ3) is 4.27. The van der Waals surface area contributed by atoms with E-state index in [1.807, 2.05) is 12.1 Å². The van der Waals surface area contributed by atoms with Crippen molar-refractivity contribution in [3.05, 3.63) is 35.9 Å². The molecule has 3 heteroatoms. The van der Waals surface area contributed by atoms with Crippen molar-refractivity contribution in [2.24, 2.45) is 0 Å². The summed E-state index contributed by atoms with van der Waals surface area (Å²) in [4.78, 5) is 0. The number of rotatable bonds is 6. The SMILES string of the molecule is COc1ccc(OC2C=CCCC2)c(CNC(C)C)c1. The fraction of sp³-hybridized carbons (Fsp3) is 0.529. The minimum absolute atomic E-state index is 0.204. The van der Waals surface area contributed by atoms with Crippen molar-refractivity contribution in [1.29, 1.82) is 0 Å². The van der Waals surface area contributed by atoms with E-state index in [0.29, 0.717) is 6.04 Å². The van der Waals surface area contributed by atoms with Crippen LogP contribution in [0.25, 0.3) is 0 Å². The van der Waals surface area contributed by atoms with Gasteiger partial charge >= 0.3 is 0 Å². The zero-order valence-electron chi connectivity index (χ0n) is 12.7. The Morgan fingerprint density at radius 2 is 2.20 bits per heavy atom. The van der Waals surface area contributed by atoms with Crippen LogP contribution in [0.2, 0.25) is 0 Å². The first kappa shape index (κ1) is 14.9. The van der Waals surface area contributed by atoms with Gasteiger partial charge in [0, 0.05) is 18.2 Å². The molecule has 0 aliphatic heterocycles. The summed E-state index contributed by atoms with van der Waals surface area (Å²) in [7, 11) is 1.69. The van der Waals surface area contributed by atoms with Gasteiger partial charge in [0.2, 0.25) is 0 Å². The molecule has 0 amide bonds. The Hall–Kier alpha value is -1.48. The van der Waals surface area contributed by atoms with Crippen molar-refractivity contribution in [2.75, 3.05) is 7.11 Å². The smallest absolute Gasteiger partial charge is 0.124 e. The Kier molecular flexibility index (Phi) is 5.48. The molecule has 1 aliphatic rings. The fourth-order valence-corrected chi connectivity index (χ4v) is 2.29. The Bertz CT molecular complexity index is 454. The number of benzene rings is 1. The van der Waals surface area contributed by atoms with E-state index in [1.54, 1.807) is 7.11 Å². The molecule has 2 rings (SSSR count). The molecule has 0 saturated carbocycles. The number of methoxy groups -OCH3 is 1. The summed E-state index contributed by atoms with van der Waals surface area (Å²) >= 11 is 0. The third-order valence-electron chi connectivity index (χ3n) is 3.46. The quantitative estimate of drug-likeness (QED) is 0.803. The van der Waals surface area contributed by atoms with Crippen molar-refractivity contribution >= 4 is 0 Å². The Morgan fingerprint density at radius 3 is 2.85 bits per heavy atom. The van der Waals surface area contributed by atoms with Crippen LogP contribution in [-0.2, 0) is 6.54 Å². The topological polar surface area (TPSA) is 30.5 Å². The maximum atomic E-state index is 6.14. The molecule has 0 bridgehead atoms. The predicted molar refractivity (Wildman–Crippen MR) is 82.4 cm³/mol. The van der Waals surface area contributed by atoms with Gasteiger partial charge in [-0.1, -0.05) is 19.9 Å². The largest absolute Gasteiger partial charge is 0.497 e. The van der Waals surface area contributed by atoms with Crippen LogP contribution in [-0.4, -0.2) is 19.3 Å². The van der Waals surface area contributed by atoms with Crippen LogP contribution in [0.4, 0.5) is 0 Å². The lowest BCUT2D eigenvalue weighted by atomic mass is 10.1. The predicted octanol–water partition coefficient (Wildman–Crippen LogP) is 3.68. The normalized spacial score (nSPS) is 18.3. The molecule has 1 atom stereocenters. The highest BCUT2D eigenvalue weighted by molar-refractivity contribution is 5.40. The van der Waals surface area contributed by atoms with Crippen molar-refractivity contribution in [1.82, 2.24) is 5.32 Å². The molecule has 110 valence electrons. The molecule has 1 aliphatic carbocycles. The van der Waals surface area contributed by atoms with Gasteiger partial charge in [-0.25, -0.2) is 0 Å². The van der Waals surface area contributed by atoms with E-state index in [4.69, 9.17) is 9.47 Å². The van der Waals surface area contributed by atoms with Gasteiger partial charge in [-0.2, -0.15) is 0 Å². The van der Waals surface area contributed by atoms with Gasteiger partial charge in [-0.15, -0.1) is 0 Å². The van der Waals surface area contributed by atoms with E-state index in [0.717, 1.165) is 30.0 Å². The molecule has 1 aromatic rings. The van der Waals surface area contributed by atoms with E-state index in [-0.39, 0.29) is 6.10 Å². The highest BCUT2D eigenvalue weighted by atomic mass is 16.5. The van der Waals surface area contributed by atoms with E-state index >= 15 is 0 Å². The number of hydrogen-bond donors (Lipinski definition) is 1. The van der Waals surface area contributed by atoms with Crippen LogP contribution in [0.3, 0.4) is 0 Å². The van der Waals surface area contributed by atoms with Crippen LogP contribution < -0.4 is 14.8 Å². The molecule has 20 heavy (non-hydrogen) atoms. The first-order valence-electron chi connectivity index (χ1n) is 7.42. The monoisotopic (exact) mass is 275 g/mol. The molecule has 0 fully saturated rings. The molecule has 1 aromatic carbocycles. The molecule has 0 saturated heterocycles. The lowest BCUT2D eigenvalue weighted by Crippen LogP contribution is -2.23. The summed E-state index contributed by atoms with van der Waals surface area (Å²) in [5.41, 5.74) is 1.15. The summed E-state index contributed by atoms with van der Waals surface area (Å²) in [5.74, 6) is 1.83. The highest BCUT2D eigenvalue weighted by Gasteiger charge is 2.13. The Balaban J connectivity index is 2.12. The zero-order chi connectivity index (χ0) is 14.4. The summed E-state index contributed by atoms with van der Waals surface area (Å²) in [6.07, 6.45) is 8.06. The van der Waals surface area contributed by atoms with Crippen molar-refractivity contribution in [3.63, 3.8) is 0 Å². The van der Waals surface area contributed by atoms with Crippen LogP contribution >= 0.6 is 0 Å². The first-order valence-corrected chi connectivity index (χ1v) is 7.42. The third-order valence-corrected chi connectivity index (χ3v) is 3.46. The summed E-state index contributed by atoms with van der Waals surface area (Å²) in [6, 6.07) is 6.47. The minimum Gasteiger partial charge on any atom is -0.497 e. The fourth-order valence-electron chi connectivity index (χ4n) is 2.29. The lowest BCUT2D eigenvalue weighted by molar-refractivity contribution is 0.227. The summed E-state index contributed by atoms with van der Waals surface area (Å²) in [5, 5.41) is 3.44. The van der Waals surface area contributed by atoms with Crippen LogP contribution in [0, 0.1) is 0 Å². The van der Waals surface area contributed by atoms with Crippen molar-refractivity contribution in [2.45, 2.75) is 51.8 Å². The second-order valence-corrected chi connectivity index (χ2v) is 5.52. The average Bonchev–Trinajstić information content (AvgIpc) is 2.47. The Labute approximate surface area is 122 Å². The van der Waals surface area contributed by atoms with Gasteiger partial charge in [0.1, 0.15) is 17.6 Å². The molecule has 1 N–H and O–H groups in total. The van der Waals surface area contributed by atoms with Crippen molar-refractivity contribution in [3.8, 4) is 11.5 Å². The van der Waals surface area contributed by atoms with Crippen molar-refractivity contribution < 1.29 is 9.47 Å². The van der Waals surface area contributed by atoms with Gasteiger partial charge in [-0.05, 0) is 43.5 Å². The molecule has 0 heterocycles. The molecule has 1 unspecified atom stereocenters. The van der Waals surface area contributed by atoms with Gasteiger partial charge in [0.25, 0.3) is 0 Å². The maximum absolute atomic E-state index is 6.14. The highest BCUT2D eigenvalue weighted by Crippen LogP contribution is 2.27. The van der Waals surface area contributed by atoms with E-state index in [2.05, 4.69) is 37.4 Å². The van der Waals surface area contributed by atoms with Crippen LogP contribution in [0.15, 0.2) is 30.4 Å². The summed E-state index contributed by atoms with van der Waals surface area (Å²) in [6.45, 7) is 5.08. The number of nitrogens with one attached hydrogen (secondary N) is 1. The first-order chi connectivity index (χ1) is 9.69. The Morgan fingerprint density at radius 1 is 1.35 bits per heavy atom. The van der Waals surface area contributed by atoms with Gasteiger partial charge in [0.05, 0.1) is 7.11 Å². The van der Waals surface area contributed by atoms with E-state index < -0.39 is 0 Å². The second kappa shape index (κ2) is 7.34. The van der Waals surface area contributed by atoms with Crippen LogP contribution in [0.5, 0.6) is 11.5 Å². The number of allylic oxidation sites excluding steroid dienone is 1. The molecule has 3 nitrogen and oxygen atoms in total. The van der Waals surface area contributed by atoms with E-state index in [1.165, 1.54) is 12.8 Å². The molecular formula is C17H25NO2. The lowest BCUT2D eigenvalue weighted by Gasteiger charge is -2.21.